The van der Waals surface area contributed by atoms with Gasteiger partial charge in [0.25, 0.3) is 0 Å². The number of aliphatic imine (C=N–C) groups is 1. The van der Waals surface area contributed by atoms with Gasteiger partial charge in [0.1, 0.15) is 18.6 Å². The molecule has 0 rings (SSSR count). The van der Waals surface area contributed by atoms with E-state index in [0.717, 1.165) is 0 Å². The van der Waals surface area contributed by atoms with Crippen molar-refractivity contribution in [2.75, 3.05) is 19.6 Å². The van der Waals surface area contributed by atoms with Crippen molar-refractivity contribution in [3.8, 4) is 0 Å². The molecule has 0 heterocycles. The number of nitrogens with zero attached hydrogens (tertiary/aromatic N) is 1. The predicted molar refractivity (Wildman–Crippen MR) is 98.3 cm³/mol. The SMILES string of the molecule is CC(C)C(NC(=O)CN)C(=O)NC(CCCN=C(N)N)C(=O)NCC(=O)O. The van der Waals surface area contributed by atoms with E-state index in [2.05, 4.69) is 20.9 Å². The molecule has 0 bridgehead atoms. The van der Waals surface area contributed by atoms with E-state index in [-0.39, 0.29) is 31.4 Å². The van der Waals surface area contributed by atoms with Gasteiger partial charge in [0.2, 0.25) is 17.7 Å². The lowest BCUT2D eigenvalue weighted by Gasteiger charge is -2.25. The summed E-state index contributed by atoms with van der Waals surface area (Å²) >= 11 is 0. The molecule has 0 aromatic carbocycles. The van der Waals surface area contributed by atoms with Crippen molar-refractivity contribution in [1.82, 2.24) is 16.0 Å². The molecule has 27 heavy (non-hydrogen) atoms. The molecule has 0 aliphatic carbocycles. The average molecular weight is 387 g/mol. The largest absolute Gasteiger partial charge is 0.480 e. The van der Waals surface area contributed by atoms with Crippen molar-refractivity contribution in [3.05, 3.63) is 0 Å². The maximum absolute atomic E-state index is 12.5. The molecule has 0 fully saturated rings. The molecule has 0 saturated heterocycles. The Kier molecular flexibility index (Phi) is 11.1. The van der Waals surface area contributed by atoms with Crippen LogP contribution in [0, 0.1) is 5.92 Å². The fourth-order valence-electron chi connectivity index (χ4n) is 2.09. The molecule has 0 saturated carbocycles. The summed E-state index contributed by atoms with van der Waals surface area (Å²) in [5.41, 5.74) is 15.7. The summed E-state index contributed by atoms with van der Waals surface area (Å²) in [5, 5.41) is 15.9. The van der Waals surface area contributed by atoms with Crippen molar-refractivity contribution >= 4 is 29.7 Å². The molecular formula is C15H29N7O5. The molecule has 10 N–H and O–H groups in total. The van der Waals surface area contributed by atoms with E-state index in [9.17, 15) is 19.2 Å². The quantitative estimate of drug-likeness (QED) is 0.103. The Hall–Kier alpha value is -2.89. The van der Waals surface area contributed by atoms with E-state index in [1.54, 1.807) is 13.8 Å². The normalized spacial score (nSPS) is 12.6. The Bertz CT molecular complexity index is 561. The second-order valence-electron chi connectivity index (χ2n) is 6.11. The van der Waals surface area contributed by atoms with Crippen molar-refractivity contribution in [2.45, 2.75) is 38.8 Å². The minimum Gasteiger partial charge on any atom is -0.480 e. The minimum absolute atomic E-state index is 0.102. The zero-order valence-electron chi connectivity index (χ0n) is 15.5. The average Bonchev–Trinajstić information content (AvgIpc) is 2.58. The molecule has 154 valence electrons. The van der Waals surface area contributed by atoms with Crippen LogP contribution >= 0.6 is 0 Å². The maximum atomic E-state index is 12.5. The third-order valence-electron chi connectivity index (χ3n) is 3.44. The van der Waals surface area contributed by atoms with Gasteiger partial charge in [0.05, 0.1) is 6.54 Å². The monoisotopic (exact) mass is 387 g/mol. The molecule has 0 aromatic rings. The second kappa shape index (κ2) is 12.5. The van der Waals surface area contributed by atoms with Crippen LogP contribution in [0.15, 0.2) is 4.99 Å². The highest BCUT2D eigenvalue weighted by Gasteiger charge is 2.28. The van der Waals surface area contributed by atoms with E-state index in [4.69, 9.17) is 22.3 Å². The molecule has 3 amide bonds. The highest BCUT2D eigenvalue weighted by Crippen LogP contribution is 2.05. The van der Waals surface area contributed by atoms with Crippen LogP contribution < -0.4 is 33.2 Å². The first-order chi connectivity index (χ1) is 12.6. The van der Waals surface area contributed by atoms with Gasteiger partial charge in [-0.3, -0.25) is 24.2 Å². The summed E-state index contributed by atoms with van der Waals surface area (Å²) in [5.74, 6) is -3.33. The Labute approximate surface area is 157 Å². The highest BCUT2D eigenvalue weighted by molar-refractivity contribution is 5.93. The van der Waals surface area contributed by atoms with E-state index in [0.29, 0.717) is 6.42 Å². The molecule has 12 nitrogen and oxygen atoms in total. The smallest absolute Gasteiger partial charge is 0.322 e. The highest BCUT2D eigenvalue weighted by atomic mass is 16.4. The first-order valence-corrected chi connectivity index (χ1v) is 8.43. The lowest BCUT2D eigenvalue weighted by Crippen LogP contribution is -2.56. The van der Waals surface area contributed by atoms with Crippen LogP contribution in [0.5, 0.6) is 0 Å². The third-order valence-corrected chi connectivity index (χ3v) is 3.44. The summed E-state index contributed by atoms with van der Waals surface area (Å²) in [4.78, 5) is 50.6. The van der Waals surface area contributed by atoms with Crippen LogP contribution in [0.25, 0.3) is 0 Å². The maximum Gasteiger partial charge on any atom is 0.322 e. The fourth-order valence-corrected chi connectivity index (χ4v) is 2.09. The van der Waals surface area contributed by atoms with Crippen LogP contribution in [0.4, 0.5) is 0 Å². The molecule has 2 unspecified atom stereocenters. The number of amides is 3. The molecule has 2 atom stereocenters. The van der Waals surface area contributed by atoms with Gasteiger partial charge in [-0.1, -0.05) is 13.8 Å². The summed E-state index contributed by atoms with van der Waals surface area (Å²) in [6.45, 7) is 2.81. The van der Waals surface area contributed by atoms with Crippen molar-refractivity contribution in [2.24, 2.45) is 28.1 Å². The number of nitrogens with two attached hydrogens (primary N) is 3. The third kappa shape index (κ3) is 10.6. The topological polar surface area (TPSA) is 215 Å². The first kappa shape index (κ1) is 24.1. The number of hydrogen-bond acceptors (Lipinski definition) is 6. The standard InChI is InChI=1S/C15H29N7O5/c1-8(2)12(22-10(23)6-16)14(27)21-9(4-3-5-19-15(17)18)13(26)20-7-11(24)25/h8-9,12H,3-7,16H2,1-2H3,(H,20,26)(H,21,27)(H,22,23)(H,24,25)(H4,17,18,19). The number of carbonyl (C=O) groups is 4. The molecule has 0 aliphatic heterocycles. The van der Waals surface area contributed by atoms with Crippen LogP contribution in [-0.2, 0) is 19.2 Å². The lowest BCUT2D eigenvalue weighted by atomic mass is 10.0. The molecule has 12 heteroatoms. The number of carboxylic acid groups (broad SMARTS) is 1. The molecule has 0 spiro atoms. The van der Waals surface area contributed by atoms with Gasteiger partial charge in [-0.05, 0) is 18.8 Å². The van der Waals surface area contributed by atoms with Crippen molar-refractivity contribution in [1.29, 1.82) is 0 Å². The summed E-state index contributed by atoms with van der Waals surface area (Å²) in [6, 6.07) is -1.91. The molecular weight excluding hydrogens is 358 g/mol. The Morgan fingerprint density at radius 3 is 2.19 bits per heavy atom. The number of carbonyl (C=O) groups excluding carboxylic acids is 3. The van der Waals surface area contributed by atoms with Crippen LogP contribution in [0.3, 0.4) is 0 Å². The Morgan fingerprint density at radius 1 is 1.07 bits per heavy atom. The number of guanidine groups is 1. The minimum atomic E-state index is -1.22. The first-order valence-electron chi connectivity index (χ1n) is 8.43. The number of rotatable bonds is 12. The lowest BCUT2D eigenvalue weighted by molar-refractivity contribution is -0.138. The van der Waals surface area contributed by atoms with Crippen molar-refractivity contribution < 1.29 is 24.3 Å². The second-order valence-corrected chi connectivity index (χ2v) is 6.11. The number of hydrogen-bond donors (Lipinski definition) is 7. The summed E-state index contributed by atoms with van der Waals surface area (Å²) < 4.78 is 0. The van der Waals surface area contributed by atoms with Gasteiger partial charge in [0, 0.05) is 6.54 Å². The predicted octanol–water partition coefficient (Wildman–Crippen LogP) is -3.17. The summed E-state index contributed by atoms with van der Waals surface area (Å²) in [7, 11) is 0. The zero-order chi connectivity index (χ0) is 21.0. The summed E-state index contributed by atoms with van der Waals surface area (Å²) in [6.07, 6.45) is 0.536. The van der Waals surface area contributed by atoms with E-state index >= 15 is 0 Å². The zero-order valence-corrected chi connectivity index (χ0v) is 15.5. The Morgan fingerprint density at radius 2 is 1.70 bits per heavy atom. The number of aliphatic carboxylic acids is 1. The van der Waals surface area contributed by atoms with E-state index in [1.165, 1.54) is 0 Å². The van der Waals surface area contributed by atoms with Crippen LogP contribution in [0.2, 0.25) is 0 Å². The number of nitrogens with one attached hydrogen (secondary N) is 3. The van der Waals surface area contributed by atoms with E-state index < -0.39 is 42.3 Å². The Balaban J connectivity index is 5.07. The van der Waals surface area contributed by atoms with E-state index in [1.807, 2.05) is 0 Å². The van der Waals surface area contributed by atoms with Crippen LogP contribution in [0.1, 0.15) is 26.7 Å². The van der Waals surface area contributed by atoms with Crippen LogP contribution in [-0.4, -0.2) is 66.5 Å². The molecule has 0 aromatic heterocycles. The van der Waals surface area contributed by atoms with Crippen molar-refractivity contribution in [3.63, 3.8) is 0 Å². The van der Waals surface area contributed by atoms with Gasteiger partial charge in [0.15, 0.2) is 5.96 Å². The molecule has 0 aliphatic rings. The fraction of sp³-hybridized carbons (Fsp3) is 0.667. The number of carboxylic acids is 1. The van der Waals surface area contributed by atoms with Gasteiger partial charge < -0.3 is 38.3 Å². The van der Waals surface area contributed by atoms with Gasteiger partial charge >= 0.3 is 5.97 Å². The van der Waals surface area contributed by atoms with Gasteiger partial charge in [-0.25, -0.2) is 0 Å². The van der Waals surface area contributed by atoms with Gasteiger partial charge in [-0.15, -0.1) is 0 Å². The molecule has 0 radical (unpaired) electrons. The van der Waals surface area contributed by atoms with Gasteiger partial charge in [-0.2, -0.15) is 0 Å².